The Morgan fingerprint density at radius 1 is 1.00 bits per heavy atom. The highest BCUT2D eigenvalue weighted by Gasteiger charge is 2.37. The number of halogens is 3. The summed E-state index contributed by atoms with van der Waals surface area (Å²) >= 11 is 16.9. The van der Waals surface area contributed by atoms with Crippen molar-refractivity contribution in [1.82, 2.24) is 0 Å². The number of nitro groups is 1. The maximum absolute atomic E-state index is 10.5. The summed E-state index contributed by atoms with van der Waals surface area (Å²) in [6, 6.07) is 0. The van der Waals surface area contributed by atoms with Gasteiger partial charge in [0.05, 0.1) is 0 Å². The molecule has 0 aliphatic rings. The molecule has 0 bridgehead atoms. The van der Waals surface area contributed by atoms with Crippen LogP contribution in [0.4, 0.5) is 0 Å². The lowest BCUT2D eigenvalue weighted by molar-refractivity contribution is -0.491. The van der Waals surface area contributed by atoms with Crippen LogP contribution >= 0.6 is 34.8 Å². The standard InChI is InChI=1S/C13H24Cl3NO4/c14-13(15,16)12(11-17(19)20)21-10-8-6-4-2-1-3-5-7-9-18/h12,18H,1-11H2/t12-/m0/s1. The number of unbranched alkanes of at least 4 members (excludes halogenated alkanes) is 7. The molecule has 0 aromatic heterocycles. The predicted octanol–water partition coefficient (Wildman–Crippen LogP) is 4.13. The van der Waals surface area contributed by atoms with Crippen LogP contribution in [0.25, 0.3) is 0 Å². The van der Waals surface area contributed by atoms with Crippen LogP contribution in [-0.4, -0.2) is 39.7 Å². The van der Waals surface area contributed by atoms with E-state index in [1.165, 1.54) is 6.42 Å². The zero-order chi connectivity index (χ0) is 16.1. The van der Waals surface area contributed by atoms with Crippen molar-refractivity contribution in [2.24, 2.45) is 0 Å². The third kappa shape index (κ3) is 13.6. The van der Waals surface area contributed by atoms with Gasteiger partial charge in [0, 0.05) is 18.1 Å². The van der Waals surface area contributed by atoms with Gasteiger partial charge in [0.1, 0.15) is 0 Å². The van der Waals surface area contributed by atoms with Crippen LogP contribution in [0.1, 0.15) is 51.4 Å². The zero-order valence-electron chi connectivity index (χ0n) is 12.1. The number of hydrogen-bond acceptors (Lipinski definition) is 4. The summed E-state index contributed by atoms with van der Waals surface area (Å²) in [5, 5.41) is 19.1. The van der Waals surface area contributed by atoms with Crippen LogP contribution in [-0.2, 0) is 4.74 Å². The zero-order valence-corrected chi connectivity index (χ0v) is 14.4. The van der Waals surface area contributed by atoms with Crippen molar-refractivity contribution in [2.75, 3.05) is 19.8 Å². The Morgan fingerprint density at radius 2 is 1.48 bits per heavy atom. The average Bonchev–Trinajstić information content (AvgIpc) is 2.38. The molecule has 0 spiro atoms. The first-order valence-electron chi connectivity index (χ1n) is 7.29. The van der Waals surface area contributed by atoms with E-state index in [0.29, 0.717) is 6.61 Å². The van der Waals surface area contributed by atoms with Crippen molar-refractivity contribution in [3.05, 3.63) is 10.1 Å². The van der Waals surface area contributed by atoms with Gasteiger partial charge in [-0.3, -0.25) is 10.1 Å². The molecule has 0 aromatic carbocycles. The summed E-state index contributed by atoms with van der Waals surface area (Å²) in [5.74, 6) is 0. The van der Waals surface area contributed by atoms with Gasteiger partial charge in [-0.25, -0.2) is 0 Å². The van der Waals surface area contributed by atoms with Gasteiger partial charge in [-0.1, -0.05) is 73.3 Å². The fraction of sp³-hybridized carbons (Fsp3) is 1.00. The molecule has 5 nitrogen and oxygen atoms in total. The molecule has 0 amide bonds. The summed E-state index contributed by atoms with van der Waals surface area (Å²) in [4.78, 5) is 9.93. The van der Waals surface area contributed by atoms with Gasteiger partial charge in [-0.2, -0.15) is 0 Å². The summed E-state index contributed by atoms with van der Waals surface area (Å²) in [7, 11) is 0. The molecule has 0 heterocycles. The van der Waals surface area contributed by atoms with Crippen LogP contribution < -0.4 is 0 Å². The van der Waals surface area contributed by atoms with Crippen LogP contribution in [0, 0.1) is 10.1 Å². The predicted molar refractivity (Wildman–Crippen MR) is 85.9 cm³/mol. The highest BCUT2D eigenvalue weighted by atomic mass is 35.6. The van der Waals surface area contributed by atoms with Crippen LogP contribution in [0.2, 0.25) is 0 Å². The van der Waals surface area contributed by atoms with E-state index in [9.17, 15) is 10.1 Å². The Morgan fingerprint density at radius 3 is 1.90 bits per heavy atom. The SMILES string of the molecule is O=[N+]([O-])C[C@H](OCCCCCCCCCCO)C(Cl)(Cl)Cl. The first kappa shape index (κ1) is 21.2. The fourth-order valence-corrected chi connectivity index (χ4v) is 2.28. The maximum Gasteiger partial charge on any atom is 0.233 e. The monoisotopic (exact) mass is 363 g/mol. The maximum atomic E-state index is 10.5. The molecule has 0 radical (unpaired) electrons. The summed E-state index contributed by atoms with van der Waals surface area (Å²) in [6.07, 6.45) is 7.28. The molecule has 1 N–H and O–H groups in total. The first-order chi connectivity index (χ1) is 9.88. The molecule has 21 heavy (non-hydrogen) atoms. The van der Waals surface area contributed by atoms with Crippen molar-refractivity contribution in [3.8, 4) is 0 Å². The number of aliphatic hydroxyl groups is 1. The largest absolute Gasteiger partial charge is 0.396 e. The molecular formula is C13H24Cl3NO4. The summed E-state index contributed by atoms with van der Waals surface area (Å²) in [6.45, 7) is 0.115. The van der Waals surface area contributed by atoms with Gasteiger partial charge in [0.15, 0.2) is 6.10 Å². The van der Waals surface area contributed by atoms with Crippen molar-refractivity contribution in [2.45, 2.75) is 61.3 Å². The minimum absolute atomic E-state index is 0.270. The van der Waals surface area contributed by atoms with E-state index in [1.807, 2.05) is 0 Å². The first-order valence-corrected chi connectivity index (χ1v) is 8.42. The Labute approximate surface area is 141 Å². The van der Waals surface area contributed by atoms with E-state index in [0.717, 1.165) is 44.9 Å². The molecule has 0 saturated heterocycles. The van der Waals surface area contributed by atoms with Crippen molar-refractivity contribution in [1.29, 1.82) is 0 Å². The quantitative estimate of drug-likeness (QED) is 0.231. The third-order valence-electron chi connectivity index (χ3n) is 3.05. The normalized spacial score (nSPS) is 13.3. The number of nitrogens with zero attached hydrogens (tertiary/aromatic N) is 1. The van der Waals surface area contributed by atoms with E-state index >= 15 is 0 Å². The second kappa shape index (κ2) is 12.7. The van der Waals surface area contributed by atoms with Gasteiger partial charge in [-0.05, 0) is 12.8 Å². The number of alkyl halides is 3. The molecule has 0 saturated carbocycles. The minimum atomic E-state index is -1.78. The second-order valence-corrected chi connectivity index (χ2v) is 7.34. The third-order valence-corrected chi connectivity index (χ3v) is 3.78. The molecule has 0 aromatic rings. The lowest BCUT2D eigenvalue weighted by atomic mass is 10.1. The topological polar surface area (TPSA) is 72.6 Å². The Kier molecular flexibility index (Phi) is 12.8. The smallest absolute Gasteiger partial charge is 0.233 e. The number of rotatable bonds is 13. The lowest BCUT2D eigenvalue weighted by Crippen LogP contribution is -2.35. The Bertz CT molecular complexity index is 275. The van der Waals surface area contributed by atoms with Crippen LogP contribution in [0.3, 0.4) is 0 Å². The molecule has 0 rings (SSSR count). The van der Waals surface area contributed by atoms with Crippen molar-refractivity contribution >= 4 is 34.8 Å². The van der Waals surface area contributed by atoms with Gasteiger partial charge in [0.25, 0.3) is 0 Å². The molecule has 0 aliphatic heterocycles. The Hall–Kier alpha value is 0.190. The molecule has 0 aliphatic carbocycles. The summed E-state index contributed by atoms with van der Waals surface area (Å²) < 4.78 is 3.53. The van der Waals surface area contributed by atoms with E-state index in [4.69, 9.17) is 44.6 Å². The number of aliphatic hydroxyl groups excluding tert-OH is 1. The molecule has 126 valence electrons. The highest BCUT2D eigenvalue weighted by Crippen LogP contribution is 2.32. The molecule has 8 heteroatoms. The molecular weight excluding hydrogens is 341 g/mol. The molecule has 0 unspecified atom stereocenters. The van der Waals surface area contributed by atoms with Gasteiger partial charge >= 0.3 is 0 Å². The van der Waals surface area contributed by atoms with Crippen molar-refractivity contribution < 1.29 is 14.8 Å². The molecule has 0 fully saturated rings. The highest BCUT2D eigenvalue weighted by molar-refractivity contribution is 6.68. The van der Waals surface area contributed by atoms with Gasteiger partial charge in [0.2, 0.25) is 10.3 Å². The van der Waals surface area contributed by atoms with Crippen LogP contribution in [0.5, 0.6) is 0 Å². The average molecular weight is 365 g/mol. The number of ether oxygens (including phenoxy) is 1. The Balaban J connectivity index is 3.56. The minimum Gasteiger partial charge on any atom is -0.396 e. The lowest BCUT2D eigenvalue weighted by Gasteiger charge is -2.21. The van der Waals surface area contributed by atoms with E-state index in [1.54, 1.807) is 0 Å². The van der Waals surface area contributed by atoms with Crippen LogP contribution in [0.15, 0.2) is 0 Å². The fourth-order valence-electron chi connectivity index (χ4n) is 1.89. The van der Waals surface area contributed by atoms with E-state index in [2.05, 4.69) is 0 Å². The number of hydrogen-bond donors (Lipinski definition) is 1. The van der Waals surface area contributed by atoms with E-state index < -0.39 is 21.4 Å². The van der Waals surface area contributed by atoms with Gasteiger partial charge < -0.3 is 9.84 Å². The summed E-state index contributed by atoms with van der Waals surface area (Å²) in [5.41, 5.74) is 0. The van der Waals surface area contributed by atoms with Gasteiger partial charge in [-0.15, -0.1) is 0 Å². The van der Waals surface area contributed by atoms with E-state index in [-0.39, 0.29) is 6.61 Å². The van der Waals surface area contributed by atoms with Crippen molar-refractivity contribution in [3.63, 3.8) is 0 Å². The molecule has 1 atom stereocenters. The second-order valence-electron chi connectivity index (χ2n) is 4.97.